The number of amides is 1. The van der Waals surface area contributed by atoms with Gasteiger partial charge in [0.2, 0.25) is 5.91 Å². The maximum Gasteiger partial charge on any atom is 0.225 e. The Balaban J connectivity index is 1.34. The van der Waals surface area contributed by atoms with Crippen LogP contribution in [0.4, 0.5) is 0 Å². The second-order valence-electron chi connectivity index (χ2n) is 8.27. The average molecular weight is 337 g/mol. The highest BCUT2D eigenvalue weighted by Gasteiger charge is 2.30. The van der Waals surface area contributed by atoms with Gasteiger partial charge in [0.1, 0.15) is 0 Å². The van der Waals surface area contributed by atoms with E-state index in [-0.39, 0.29) is 0 Å². The lowest BCUT2D eigenvalue weighted by Crippen LogP contribution is -2.49. The zero-order valence-corrected chi connectivity index (χ0v) is 15.8. The average Bonchev–Trinajstić information content (AvgIpc) is 2.62. The normalized spacial score (nSPS) is 26.8. The van der Waals surface area contributed by atoms with Gasteiger partial charge in [-0.05, 0) is 51.7 Å². The maximum absolute atomic E-state index is 12.7. The van der Waals surface area contributed by atoms with Crippen LogP contribution in [-0.2, 0) is 4.79 Å². The highest BCUT2D eigenvalue weighted by molar-refractivity contribution is 5.79. The lowest BCUT2D eigenvalue weighted by Gasteiger charge is -2.38. The lowest BCUT2D eigenvalue weighted by molar-refractivity contribution is -0.138. The van der Waals surface area contributed by atoms with Gasteiger partial charge >= 0.3 is 0 Å². The first-order valence-electron chi connectivity index (χ1n) is 10.0. The Morgan fingerprint density at radius 2 is 1.33 bits per heavy atom. The van der Waals surface area contributed by atoms with Crippen molar-refractivity contribution in [3.05, 3.63) is 0 Å². The molecule has 3 fully saturated rings. The van der Waals surface area contributed by atoms with Crippen molar-refractivity contribution in [3.8, 4) is 0 Å². The summed E-state index contributed by atoms with van der Waals surface area (Å²) in [6.07, 6.45) is 4.51. The summed E-state index contributed by atoms with van der Waals surface area (Å²) in [6, 6.07) is 0. The van der Waals surface area contributed by atoms with E-state index in [2.05, 4.69) is 33.6 Å². The van der Waals surface area contributed by atoms with Crippen LogP contribution >= 0.6 is 0 Å². The minimum absolute atomic E-state index is 0.290. The van der Waals surface area contributed by atoms with E-state index >= 15 is 0 Å². The van der Waals surface area contributed by atoms with Crippen LogP contribution in [0.5, 0.6) is 0 Å². The van der Waals surface area contributed by atoms with E-state index < -0.39 is 0 Å². The maximum atomic E-state index is 12.7. The summed E-state index contributed by atoms with van der Waals surface area (Å²) >= 11 is 0. The summed E-state index contributed by atoms with van der Waals surface area (Å²) in [4.78, 5) is 22.4. The Morgan fingerprint density at radius 3 is 1.92 bits per heavy atom. The van der Waals surface area contributed by atoms with Crippen LogP contribution in [0.2, 0.25) is 0 Å². The van der Waals surface area contributed by atoms with Crippen molar-refractivity contribution in [1.82, 2.24) is 19.6 Å². The van der Waals surface area contributed by atoms with Crippen LogP contribution in [0.3, 0.4) is 0 Å². The molecule has 0 N–H and O–H groups in total. The number of likely N-dealkylation sites (N-methyl/N-ethyl adjacent to an activating group) is 1. The lowest BCUT2D eigenvalue weighted by atomic mass is 9.92. The fourth-order valence-corrected chi connectivity index (χ4v) is 4.25. The molecule has 1 amide bonds. The van der Waals surface area contributed by atoms with Gasteiger partial charge in [-0.3, -0.25) is 9.69 Å². The number of rotatable bonds is 4. The van der Waals surface area contributed by atoms with Crippen LogP contribution in [0.1, 0.15) is 32.6 Å². The van der Waals surface area contributed by atoms with E-state index in [0.717, 1.165) is 44.9 Å². The molecule has 0 atom stereocenters. The summed E-state index contributed by atoms with van der Waals surface area (Å²) in [6.45, 7) is 13.7. The Bertz CT molecular complexity index is 392. The van der Waals surface area contributed by atoms with Crippen molar-refractivity contribution in [1.29, 1.82) is 0 Å². The van der Waals surface area contributed by atoms with Crippen LogP contribution in [-0.4, -0.2) is 98.0 Å². The third-order valence-corrected chi connectivity index (χ3v) is 6.36. The molecule has 0 bridgehead atoms. The first kappa shape index (κ1) is 18.2. The third-order valence-electron chi connectivity index (χ3n) is 6.36. The summed E-state index contributed by atoms with van der Waals surface area (Å²) < 4.78 is 0. The number of piperidine rings is 2. The molecule has 5 nitrogen and oxygen atoms in total. The SMILES string of the molecule is CC1CCN(C(=O)C2CCN(CCN3CCN(C)CC3)CC2)CC1. The number of piperazine rings is 1. The molecule has 0 aromatic heterocycles. The van der Waals surface area contributed by atoms with Gasteiger partial charge in [-0.1, -0.05) is 6.92 Å². The van der Waals surface area contributed by atoms with Crippen LogP contribution in [0.25, 0.3) is 0 Å². The molecule has 3 saturated heterocycles. The zero-order chi connectivity index (χ0) is 16.9. The van der Waals surface area contributed by atoms with Gasteiger partial charge in [-0.2, -0.15) is 0 Å². The molecular weight excluding hydrogens is 300 g/mol. The number of hydrogen-bond donors (Lipinski definition) is 0. The molecule has 24 heavy (non-hydrogen) atoms. The van der Waals surface area contributed by atoms with Crippen LogP contribution in [0.15, 0.2) is 0 Å². The van der Waals surface area contributed by atoms with E-state index in [1.807, 2.05) is 0 Å². The molecule has 3 aliphatic heterocycles. The fourth-order valence-electron chi connectivity index (χ4n) is 4.25. The highest BCUT2D eigenvalue weighted by atomic mass is 16.2. The van der Waals surface area contributed by atoms with Gasteiger partial charge in [0.25, 0.3) is 0 Å². The number of carbonyl (C=O) groups is 1. The number of nitrogens with zero attached hydrogens (tertiary/aromatic N) is 4. The van der Waals surface area contributed by atoms with E-state index in [4.69, 9.17) is 0 Å². The molecule has 0 aliphatic carbocycles. The molecule has 0 aromatic carbocycles. The predicted octanol–water partition coefficient (Wildman–Crippen LogP) is 1.20. The molecule has 138 valence electrons. The van der Waals surface area contributed by atoms with Crippen LogP contribution in [0, 0.1) is 11.8 Å². The topological polar surface area (TPSA) is 30.0 Å². The van der Waals surface area contributed by atoms with Crippen molar-refractivity contribution in [3.63, 3.8) is 0 Å². The Kier molecular flexibility index (Phi) is 6.53. The van der Waals surface area contributed by atoms with E-state index in [0.29, 0.717) is 11.8 Å². The predicted molar refractivity (Wildman–Crippen MR) is 98.1 cm³/mol. The molecule has 5 heteroatoms. The Labute approximate surface area is 147 Å². The molecule has 0 spiro atoms. The van der Waals surface area contributed by atoms with Gasteiger partial charge in [-0.25, -0.2) is 0 Å². The zero-order valence-electron chi connectivity index (χ0n) is 15.8. The second kappa shape index (κ2) is 8.63. The van der Waals surface area contributed by atoms with Crippen LogP contribution < -0.4 is 0 Å². The molecular formula is C19H36N4O. The summed E-state index contributed by atoms with van der Waals surface area (Å²) in [5.74, 6) is 1.53. The van der Waals surface area contributed by atoms with E-state index in [9.17, 15) is 4.79 Å². The standard InChI is InChI=1S/C19H36N4O/c1-17-3-9-23(10-4-17)19(24)18-5-7-21(8-6-18)15-16-22-13-11-20(2)12-14-22/h17-18H,3-16H2,1-2H3. The first-order valence-corrected chi connectivity index (χ1v) is 10.0. The molecule has 0 radical (unpaired) electrons. The number of hydrogen-bond acceptors (Lipinski definition) is 4. The van der Waals surface area contributed by atoms with E-state index in [1.54, 1.807) is 0 Å². The smallest absolute Gasteiger partial charge is 0.225 e. The van der Waals surface area contributed by atoms with Crippen molar-refractivity contribution in [2.24, 2.45) is 11.8 Å². The minimum atomic E-state index is 0.290. The molecule has 3 rings (SSSR count). The van der Waals surface area contributed by atoms with Gasteiger partial charge in [0.05, 0.1) is 0 Å². The Hall–Kier alpha value is -0.650. The van der Waals surface area contributed by atoms with Crippen molar-refractivity contribution < 1.29 is 4.79 Å². The fraction of sp³-hybridized carbons (Fsp3) is 0.947. The second-order valence-corrected chi connectivity index (χ2v) is 8.27. The van der Waals surface area contributed by atoms with Gasteiger partial charge in [0, 0.05) is 58.3 Å². The number of likely N-dealkylation sites (tertiary alicyclic amines) is 2. The molecule has 3 aliphatic rings. The van der Waals surface area contributed by atoms with Gasteiger partial charge in [-0.15, -0.1) is 0 Å². The summed E-state index contributed by atoms with van der Waals surface area (Å²) in [5.41, 5.74) is 0. The number of carbonyl (C=O) groups excluding carboxylic acids is 1. The molecule has 3 heterocycles. The minimum Gasteiger partial charge on any atom is -0.342 e. The first-order chi connectivity index (χ1) is 11.6. The van der Waals surface area contributed by atoms with Crippen molar-refractivity contribution in [2.45, 2.75) is 32.6 Å². The quantitative estimate of drug-likeness (QED) is 0.772. The highest BCUT2D eigenvalue weighted by Crippen LogP contribution is 2.23. The summed E-state index contributed by atoms with van der Waals surface area (Å²) in [7, 11) is 2.21. The van der Waals surface area contributed by atoms with Crippen molar-refractivity contribution in [2.75, 3.05) is 72.5 Å². The van der Waals surface area contributed by atoms with E-state index in [1.165, 1.54) is 52.1 Å². The molecule has 0 aromatic rings. The monoisotopic (exact) mass is 336 g/mol. The Morgan fingerprint density at radius 1 is 0.792 bits per heavy atom. The van der Waals surface area contributed by atoms with Gasteiger partial charge in [0.15, 0.2) is 0 Å². The third kappa shape index (κ3) is 4.93. The molecule has 0 saturated carbocycles. The largest absolute Gasteiger partial charge is 0.342 e. The summed E-state index contributed by atoms with van der Waals surface area (Å²) in [5, 5.41) is 0. The van der Waals surface area contributed by atoms with Crippen molar-refractivity contribution >= 4 is 5.91 Å². The van der Waals surface area contributed by atoms with Gasteiger partial charge < -0.3 is 14.7 Å². The molecule has 0 unspecified atom stereocenters.